The van der Waals surface area contributed by atoms with Gasteiger partial charge in [-0.05, 0) is 86.9 Å². The van der Waals surface area contributed by atoms with E-state index < -0.39 is 6.43 Å². The van der Waals surface area contributed by atoms with Crippen LogP contribution in [0.5, 0.6) is 0 Å². The zero-order chi connectivity index (χ0) is 23.8. The lowest BCUT2D eigenvalue weighted by molar-refractivity contribution is 0.0754. The highest BCUT2D eigenvalue weighted by molar-refractivity contribution is 5.92. The Bertz CT molecular complexity index is 950. The molecule has 4 heteroatoms. The number of hydrogen-bond acceptors (Lipinski definition) is 1. The lowest BCUT2D eigenvalue weighted by atomic mass is 9.87. The van der Waals surface area contributed by atoms with Gasteiger partial charge in [-0.1, -0.05) is 44.6 Å². The molecule has 2 aromatic rings. The van der Waals surface area contributed by atoms with Crippen LogP contribution in [0.25, 0.3) is 16.5 Å². The van der Waals surface area contributed by atoms with Crippen LogP contribution in [0.1, 0.15) is 82.5 Å². The Hall–Kier alpha value is -2.38. The smallest absolute Gasteiger partial charge is 0.251 e. The van der Waals surface area contributed by atoms with Gasteiger partial charge in [0.15, 0.2) is 0 Å². The molecule has 1 aromatic heterocycles. The van der Waals surface area contributed by atoms with Gasteiger partial charge in [0.05, 0.1) is 6.54 Å². The number of piperidine rings is 1. The van der Waals surface area contributed by atoms with Gasteiger partial charge in [-0.2, -0.15) is 0 Å². The number of fused-ring (bicyclic) bond motifs is 1. The van der Waals surface area contributed by atoms with Crippen molar-refractivity contribution < 1.29 is 8.78 Å². The first kappa shape index (κ1) is 25.9. The number of halogens is 2. The molecule has 1 aromatic carbocycles. The van der Waals surface area contributed by atoms with Gasteiger partial charge in [-0.15, -0.1) is 12.8 Å². The number of terminal acetylenes is 1. The first-order chi connectivity index (χ1) is 15.3. The van der Waals surface area contributed by atoms with Crippen molar-refractivity contribution in [3.05, 3.63) is 52.7 Å². The molecular formula is C28H38F2N2. The van der Waals surface area contributed by atoms with Crippen LogP contribution in [-0.4, -0.2) is 35.9 Å². The topological polar surface area (TPSA) is 19.0 Å². The van der Waals surface area contributed by atoms with E-state index in [0.717, 1.165) is 32.4 Å². The van der Waals surface area contributed by atoms with Gasteiger partial charge in [0, 0.05) is 16.6 Å². The number of H-pyrrole nitrogens is 1. The van der Waals surface area contributed by atoms with Crippen molar-refractivity contribution in [2.45, 2.75) is 72.1 Å². The van der Waals surface area contributed by atoms with Gasteiger partial charge in [0.1, 0.15) is 0 Å². The molecule has 1 aliphatic rings. The molecule has 0 saturated carbocycles. The zero-order valence-corrected chi connectivity index (χ0v) is 20.2. The minimum absolute atomic E-state index is 0.0959. The number of alkyl halides is 2. The molecule has 0 spiro atoms. The Balaban J connectivity index is 0.00000176. The summed E-state index contributed by atoms with van der Waals surface area (Å²) in [5, 5.41) is 1.30. The van der Waals surface area contributed by atoms with Crippen LogP contribution in [-0.2, 0) is 0 Å². The molecule has 1 fully saturated rings. The highest BCUT2D eigenvalue weighted by Crippen LogP contribution is 2.37. The van der Waals surface area contributed by atoms with Crippen LogP contribution in [0.4, 0.5) is 8.78 Å². The molecular weight excluding hydrogens is 402 g/mol. The van der Waals surface area contributed by atoms with Crippen LogP contribution in [0, 0.1) is 12.8 Å². The van der Waals surface area contributed by atoms with E-state index in [2.05, 4.69) is 82.8 Å². The van der Waals surface area contributed by atoms with Crippen molar-refractivity contribution in [2.24, 2.45) is 0 Å². The monoisotopic (exact) mass is 440 g/mol. The third-order valence-electron chi connectivity index (χ3n) is 6.05. The van der Waals surface area contributed by atoms with E-state index in [-0.39, 0.29) is 6.54 Å². The molecule has 0 aliphatic carbocycles. The van der Waals surface area contributed by atoms with Crippen molar-refractivity contribution in [1.29, 1.82) is 0 Å². The number of aromatic amines is 1. The molecule has 0 atom stereocenters. The summed E-state index contributed by atoms with van der Waals surface area (Å²) >= 11 is 0. The van der Waals surface area contributed by atoms with Crippen molar-refractivity contribution in [2.75, 3.05) is 19.6 Å². The van der Waals surface area contributed by atoms with Crippen LogP contribution in [0.3, 0.4) is 0 Å². The number of nitrogens with zero attached hydrogens (tertiary/aromatic N) is 1. The largest absolute Gasteiger partial charge is 0.354 e. The molecule has 0 radical (unpaired) electrons. The molecule has 1 saturated heterocycles. The predicted octanol–water partition coefficient (Wildman–Crippen LogP) is 7.74. The average Bonchev–Trinajstić information content (AvgIpc) is 3.13. The van der Waals surface area contributed by atoms with E-state index in [1.54, 1.807) is 0 Å². The minimum atomic E-state index is -2.24. The molecule has 2 nitrogen and oxygen atoms in total. The van der Waals surface area contributed by atoms with E-state index >= 15 is 0 Å². The fourth-order valence-electron chi connectivity index (χ4n) is 4.72. The van der Waals surface area contributed by atoms with E-state index in [9.17, 15) is 8.78 Å². The van der Waals surface area contributed by atoms with Gasteiger partial charge in [-0.25, -0.2) is 8.78 Å². The molecule has 2 heterocycles. The number of likely N-dealkylation sites (tertiary alicyclic amines) is 1. The third kappa shape index (κ3) is 6.33. The number of hydrogen-bond donors (Lipinski definition) is 1. The highest BCUT2D eigenvalue weighted by atomic mass is 19.3. The Kier molecular flexibility index (Phi) is 9.72. The molecule has 32 heavy (non-hydrogen) atoms. The molecule has 0 unspecified atom stereocenters. The van der Waals surface area contributed by atoms with Crippen molar-refractivity contribution in [3.63, 3.8) is 0 Å². The number of benzene rings is 1. The third-order valence-corrected chi connectivity index (χ3v) is 6.05. The van der Waals surface area contributed by atoms with Crippen LogP contribution in [0.2, 0.25) is 0 Å². The number of rotatable bonds is 7. The van der Waals surface area contributed by atoms with Crippen molar-refractivity contribution in [3.8, 4) is 12.8 Å². The number of nitrogens with one attached hydrogen (secondary N) is 1. The Labute approximate surface area is 192 Å². The summed E-state index contributed by atoms with van der Waals surface area (Å²) in [5.41, 5.74) is 7.68. The second-order valence-corrected chi connectivity index (χ2v) is 9.13. The van der Waals surface area contributed by atoms with Crippen molar-refractivity contribution in [1.82, 2.24) is 9.88 Å². The summed E-state index contributed by atoms with van der Waals surface area (Å²) in [7, 11) is 0. The average molecular weight is 441 g/mol. The van der Waals surface area contributed by atoms with E-state index in [1.165, 1.54) is 38.9 Å². The highest BCUT2D eigenvalue weighted by Gasteiger charge is 2.24. The summed E-state index contributed by atoms with van der Waals surface area (Å²) in [6.45, 7) is 12.4. The molecule has 174 valence electrons. The molecule has 0 amide bonds. The van der Waals surface area contributed by atoms with Gasteiger partial charge >= 0.3 is 0 Å². The number of allylic oxidation sites excluding steroid dienone is 4. The lowest BCUT2D eigenvalue weighted by Crippen LogP contribution is -2.36. The SMILES string of the molecule is C#C.CC/C=C(\C=C(C)C)c1[nH]c2ccc(C3CCN(CC(F)F)CC3)cc2c1C(C)C. The summed E-state index contributed by atoms with van der Waals surface area (Å²) in [6.07, 6.45) is 13.2. The van der Waals surface area contributed by atoms with E-state index in [1.807, 2.05) is 4.90 Å². The fraction of sp³-hybridized carbons (Fsp3) is 0.500. The molecule has 3 rings (SSSR count). The normalized spacial score (nSPS) is 15.8. The number of aromatic nitrogens is 1. The minimum Gasteiger partial charge on any atom is -0.354 e. The second-order valence-electron chi connectivity index (χ2n) is 9.13. The Morgan fingerprint density at radius 2 is 1.84 bits per heavy atom. The maximum Gasteiger partial charge on any atom is 0.251 e. The fourth-order valence-corrected chi connectivity index (χ4v) is 4.72. The van der Waals surface area contributed by atoms with E-state index in [4.69, 9.17) is 0 Å². The maximum absolute atomic E-state index is 12.7. The Morgan fingerprint density at radius 3 is 2.38 bits per heavy atom. The molecule has 1 N–H and O–H groups in total. The second kappa shape index (κ2) is 12.0. The predicted molar refractivity (Wildman–Crippen MR) is 134 cm³/mol. The van der Waals surface area contributed by atoms with Gasteiger partial charge < -0.3 is 4.98 Å². The van der Waals surface area contributed by atoms with Crippen LogP contribution >= 0.6 is 0 Å². The summed E-state index contributed by atoms with van der Waals surface area (Å²) in [4.78, 5) is 5.59. The first-order valence-electron chi connectivity index (χ1n) is 11.6. The Morgan fingerprint density at radius 1 is 1.19 bits per heavy atom. The summed E-state index contributed by atoms with van der Waals surface area (Å²) in [5.74, 6) is 0.854. The molecule has 0 bridgehead atoms. The standard InChI is InChI=1S/C26H36F2N2.C2H2/c1-6-7-21(14-17(2)3)26-25(18(4)5)22-15-20(8-9-23(22)29-26)19-10-12-30(13-11-19)16-24(27)28;1-2/h7-9,14-15,18-19,24,29H,6,10-13,16H2,1-5H3;1-2H/b21-7+;. The van der Waals surface area contributed by atoms with Crippen molar-refractivity contribution >= 4 is 16.5 Å². The van der Waals surface area contributed by atoms with Crippen LogP contribution in [0.15, 0.2) is 35.9 Å². The van der Waals surface area contributed by atoms with Gasteiger partial charge in [0.25, 0.3) is 6.43 Å². The maximum atomic E-state index is 12.7. The van der Waals surface area contributed by atoms with Gasteiger partial charge in [-0.3, -0.25) is 4.90 Å². The zero-order valence-electron chi connectivity index (χ0n) is 20.2. The van der Waals surface area contributed by atoms with Gasteiger partial charge in [0.2, 0.25) is 0 Å². The van der Waals surface area contributed by atoms with E-state index in [0.29, 0.717) is 11.8 Å². The summed E-state index contributed by atoms with van der Waals surface area (Å²) < 4.78 is 25.4. The van der Waals surface area contributed by atoms with Crippen LogP contribution < -0.4 is 0 Å². The summed E-state index contributed by atoms with van der Waals surface area (Å²) in [6, 6.07) is 6.78. The lowest BCUT2D eigenvalue weighted by Gasteiger charge is -2.32. The first-order valence-corrected chi connectivity index (χ1v) is 11.6. The molecule has 1 aliphatic heterocycles. The quantitative estimate of drug-likeness (QED) is 0.344.